The molecule has 6 N–H and O–H groups in total. The fraction of sp³-hybridized carbons (Fsp3) is 0.321. The van der Waals surface area contributed by atoms with Crippen LogP contribution in [0.4, 0.5) is 0 Å². The molecule has 0 aromatic heterocycles. The van der Waals surface area contributed by atoms with E-state index in [1.54, 1.807) is 0 Å². The first-order chi connectivity index (χ1) is 18.0. The van der Waals surface area contributed by atoms with E-state index in [1.807, 2.05) is 0 Å². The summed E-state index contributed by atoms with van der Waals surface area (Å²) < 4.78 is 6.22. The molecule has 1 atom stereocenters. The van der Waals surface area contributed by atoms with Crippen LogP contribution in [0, 0.1) is 17.8 Å². The van der Waals surface area contributed by atoms with Gasteiger partial charge in [-0.2, -0.15) is 0 Å². The largest absolute Gasteiger partial charge is 0.516 e. The maximum absolute atomic E-state index is 13.6. The first-order valence-electron chi connectivity index (χ1n) is 12.2. The van der Waals surface area contributed by atoms with Crippen LogP contribution in [0.3, 0.4) is 0 Å². The Kier molecular flexibility index (Phi) is 4.74. The summed E-state index contributed by atoms with van der Waals surface area (Å²) in [6.07, 6.45) is 7.65. The van der Waals surface area contributed by atoms with Crippen molar-refractivity contribution in [1.29, 1.82) is 0 Å². The summed E-state index contributed by atoms with van der Waals surface area (Å²) in [5.74, 6) is -6.27. The van der Waals surface area contributed by atoms with Crippen LogP contribution in [0.25, 0.3) is 6.08 Å². The molecule has 2 saturated carbocycles. The zero-order valence-electron chi connectivity index (χ0n) is 20.2. The minimum Gasteiger partial charge on any atom is -0.516 e. The molecule has 3 aliphatic carbocycles. The smallest absolute Gasteiger partial charge is 0.339 e. The normalized spacial score (nSPS) is 23.0. The van der Waals surface area contributed by atoms with Crippen LogP contribution in [0.2, 0.25) is 0 Å². The Morgan fingerprint density at radius 2 is 1.63 bits per heavy atom. The van der Waals surface area contributed by atoms with E-state index in [4.69, 9.17) is 4.74 Å². The third-order valence-corrected chi connectivity index (χ3v) is 8.51. The molecular formula is C28H24O10. The van der Waals surface area contributed by atoms with Crippen LogP contribution < -0.4 is 0 Å². The Labute approximate surface area is 215 Å². The highest BCUT2D eigenvalue weighted by molar-refractivity contribution is 6.32. The van der Waals surface area contributed by atoms with E-state index >= 15 is 0 Å². The highest BCUT2D eigenvalue weighted by Gasteiger charge is 2.63. The van der Waals surface area contributed by atoms with Crippen molar-refractivity contribution in [3.8, 4) is 23.0 Å². The van der Waals surface area contributed by atoms with Gasteiger partial charge in [0, 0.05) is 22.0 Å². The summed E-state index contributed by atoms with van der Waals surface area (Å²) in [6, 6.07) is 0.827. The second-order valence-corrected chi connectivity index (χ2v) is 10.7. The molecule has 0 amide bonds. The lowest BCUT2D eigenvalue weighted by Gasteiger charge is -2.38. The molecule has 1 saturated heterocycles. The van der Waals surface area contributed by atoms with Crippen molar-refractivity contribution in [2.75, 3.05) is 0 Å². The van der Waals surface area contributed by atoms with Gasteiger partial charge in [0.15, 0.2) is 23.1 Å². The quantitative estimate of drug-likeness (QED) is 0.167. The number of aromatic hydroxyl groups is 4. The van der Waals surface area contributed by atoms with Gasteiger partial charge in [0.05, 0.1) is 23.0 Å². The topological polar surface area (TPSA) is 182 Å². The van der Waals surface area contributed by atoms with Crippen molar-refractivity contribution < 1.29 is 49.8 Å². The minimum atomic E-state index is -1.51. The molecule has 38 heavy (non-hydrogen) atoms. The zero-order chi connectivity index (χ0) is 27.3. The summed E-state index contributed by atoms with van der Waals surface area (Å²) in [4.78, 5) is 38.6. The van der Waals surface area contributed by atoms with Gasteiger partial charge in [0.1, 0.15) is 28.9 Å². The van der Waals surface area contributed by atoms with E-state index in [0.717, 1.165) is 44.4 Å². The van der Waals surface area contributed by atoms with Gasteiger partial charge in [-0.25, -0.2) is 4.79 Å². The zero-order valence-corrected chi connectivity index (χ0v) is 20.2. The molecule has 3 fully saturated rings. The highest BCUT2D eigenvalue weighted by atomic mass is 16.5. The molecule has 1 unspecified atom stereocenters. The van der Waals surface area contributed by atoms with Gasteiger partial charge < -0.3 is 35.4 Å². The average Bonchev–Trinajstić information content (AvgIpc) is 3.78. The number of fused-ring (bicyclic) bond motifs is 2. The molecule has 10 nitrogen and oxygen atoms in total. The number of aliphatic hydroxyl groups excluding tert-OH is 1. The molecule has 4 aliphatic rings. The molecule has 0 radical (unpaired) electrons. The second kappa shape index (κ2) is 7.53. The second-order valence-electron chi connectivity index (χ2n) is 10.7. The van der Waals surface area contributed by atoms with E-state index in [0.29, 0.717) is 5.76 Å². The number of benzene rings is 2. The predicted molar refractivity (Wildman–Crippen MR) is 131 cm³/mol. The minimum absolute atomic E-state index is 0.0911. The number of phenolic OH excluding ortho intramolecular Hbond substituents is 3. The van der Waals surface area contributed by atoms with Crippen molar-refractivity contribution in [2.45, 2.75) is 45.1 Å². The number of carbonyl (C=O) groups is 3. The van der Waals surface area contributed by atoms with Crippen molar-refractivity contribution in [2.24, 2.45) is 10.8 Å². The summed E-state index contributed by atoms with van der Waals surface area (Å²) in [5.41, 5.74) is -3.40. The van der Waals surface area contributed by atoms with Crippen molar-refractivity contribution in [3.05, 3.63) is 63.1 Å². The lowest BCUT2D eigenvalue weighted by atomic mass is 9.78. The number of carboxylic acids is 1. The molecule has 1 heterocycles. The molecule has 2 spiro atoms. The van der Waals surface area contributed by atoms with Crippen molar-refractivity contribution in [1.82, 2.24) is 0 Å². The molecule has 6 rings (SSSR count). The number of allylic oxidation sites excluding steroid dienone is 1. The first-order valence-corrected chi connectivity index (χ1v) is 12.2. The molecule has 10 heteroatoms. The lowest BCUT2D eigenvalue weighted by molar-refractivity contribution is 0.00731. The van der Waals surface area contributed by atoms with Crippen molar-refractivity contribution >= 4 is 23.6 Å². The van der Waals surface area contributed by atoms with Crippen LogP contribution in [-0.4, -0.2) is 54.3 Å². The van der Waals surface area contributed by atoms with Gasteiger partial charge >= 0.3 is 5.97 Å². The van der Waals surface area contributed by atoms with Crippen LogP contribution in [0.1, 0.15) is 85.4 Å². The maximum Gasteiger partial charge on any atom is 0.339 e. The van der Waals surface area contributed by atoms with Gasteiger partial charge in [-0.1, -0.05) is 0 Å². The SMILES string of the molecule is Cc1c(C(=O)O)c(O)cc2c1C(=O)c1c(O)c(C=C3OC(/C=C/O)C4(CC4)CC34CC4)c(O)c(O)c1C2=O. The molecule has 1 aliphatic heterocycles. The Balaban J connectivity index is 1.53. The molecule has 2 aromatic carbocycles. The number of hydrogen-bond donors (Lipinski definition) is 6. The van der Waals surface area contributed by atoms with Gasteiger partial charge in [0.25, 0.3) is 0 Å². The fourth-order valence-corrected chi connectivity index (χ4v) is 6.19. The third-order valence-electron chi connectivity index (χ3n) is 8.51. The van der Waals surface area contributed by atoms with Crippen molar-refractivity contribution in [3.63, 3.8) is 0 Å². The van der Waals surface area contributed by atoms with Gasteiger partial charge in [0.2, 0.25) is 0 Å². The molecular weight excluding hydrogens is 496 g/mol. The number of phenols is 4. The summed E-state index contributed by atoms with van der Waals surface area (Å²) >= 11 is 0. The number of hydrogen-bond acceptors (Lipinski definition) is 9. The van der Waals surface area contributed by atoms with Crippen LogP contribution >= 0.6 is 0 Å². The number of aromatic carboxylic acids is 1. The summed E-state index contributed by atoms with van der Waals surface area (Å²) in [7, 11) is 0. The Hall–Kier alpha value is -4.47. The molecule has 196 valence electrons. The van der Waals surface area contributed by atoms with E-state index < -0.39 is 63.3 Å². The number of aliphatic hydroxyl groups is 1. The molecule has 0 bridgehead atoms. The van der Waals surface area contributed by atoms with E-state index in [2.05, 4.69) is 0 Å². The Bertz CT molecular complexity index is 1550. The van der Waals surface area contributed by atoms with E-state index in [1.165, 1.54) is 19.1 Å². The highest BCUT2D eigenvalue weighted by Crippen LogP contribution is 2.70. The number of rotatable bonds is 3. The number of carboxylic acid groups (broad SMARTS) is 1. The Morgan fingerprint density at radius 3 is 2.21 bits per heavy atom. The number of ether oxygens (including phenoxy) is 1. The monoisotopic (exact) mass is 520 g/mol. The van der Waals surface area contributed by atoms with Crippen LogP contribution in [-0.2, 0) is 4.74 Å². The number of carbonyl (C=O) groups excluding carboxylic acids is 2. The number of ketones is 2. The standard InChI is InChI=1S/C28H24O10/c1-11-17-12(8-14(30)18(11)26(36)37)21(31)20-19(24(17)34)22(32)13(23(33)25(20)35)9-16-28(5-6-28)10-27(3-4-27)15(38-16)2-7-29/h2,7-9,15,29-30,32-33,35H,3-6,10H2,1H3,(H,36,37)/b7-2+,16-9?. The van der Waals surface area contributed by atoms with Crippen LogP contribution in [0.15, 0.2) is 24.2 Å². The predicted octanol–water partition coefficient (Wildman–Crippen LogP) is 4.05. The van der Waals surface area contributed by atoms with Gasteiger partial charge in [-0.3, -0.25) is 9.59 Å². The lowest BCUT2D eigenvalue weighted by Crippen LogP contribution is -2.34. The van der Waals surface area contributed by atoms with Gasteiger partial charge in [-0.15, -0.1) is 0 Å². The van der Waals surface area contributed by atoms with E-state index in [-0.39, 0.29) is 33.1 Å². The summed E-state index contributed by atoms with van der Waals surface area (Å²) in [5, 5.41) is 62.0. The summed E-state index contributed by atoms with van der Waals surface area (Å²) in [6.45, 7) is 1.26. The average molecular weight is 520 g/mol. The Morgan fingerprint density at radius 1 is 0.974 bits per heavy atom. The van der Waals surface area contributed by atoms with E-state index in [9.17, 15) is 45.0 Å². The van der Waals surface area contributed by atoms with Gasteiger partial charge in [-0.05, 0) is 62.8 Å². The first kappa shape index (κ1) is 23.9. The fourth-order valence-electron chi connectivity index (χ4n) is 6.19. The maximum atomic E-state index is 13.6. The van der Waals surface area contributed by atoms with Crippen LogP contribution in [0.5, 0.6) is 23.0 Å². The third kappa shape index (κ3) is 3.03. The molecule has 2 aromatic rings.